The van der Waals surface area contributed by atoms with Crippen LogP contribution in [0.25, 0.3) is 0 Å². The fraction of sp³-hybridized carbons (Fsp3) is 0.286. The molecule has 0 unspecified atom stereocenters. The van der Waals surface area contributed by atoms with Crippen LogP contribution in [0.2, 0.25) is 0 Å². The molecular formula is C42H24BCl3F24OS. The molecule has 5 aromatic carbocycles. The smallest absolute Gasteiger partial charge is 0.194 e. The molecule has 0 spiro atoms. The van der Waals surface area contributed by atoms with E-state index in [2.05, 4.69) is 0 Å². The van der Waals surface area contributed by atoms with Crippen molar-refractivity contribution in [3.8, 4) is 0 Å². The topological polar surface area (TPSA) is 17.1 Å². The minimum atomic E-state index is -6.13. The second-order valence-electron chi connectivity index (χ2n) is 16.0. The Morgan fingerprint density at radius 1 is 0.333 bits per heavy atom. The number of hydrogen-bond acceptors (Lipinski definition) is 1. The van der Waals surface area contributed by atoms with Crippen molar-refractivity contribution in [1.82, 2.24) is 0 Å². The van der Waals surface area contributed by atoms with E-state index in [-0.39, 0.29) is 0 Å². The average molecular weight is 1150 g/mol. The molecule has 0 saturated heterocycles. The Morgan fingerprint density at radius 3 is 0.653 bits per heavy atom. The van der Waals surface area contributed by atoms with Crippen LogP contribution in [0.15, 0.2) is 97.1 Å². The summed E-state index contributed by atoms with van der Waals surface area (Å²) >= 11 is 17.2. The van der Waals surface area contributed by atoms with E-state index in [1.165, 1.54) is 0 Å². The van der Waals surface area contributed by atoms with Crippen molar-refractivity contribution in [2.24, 2.45) is 0 Å². The summed E-state index contributed by atoms with van der Waals surface area (Å²) < 4.78 is 351. The Kier molecular flexibility index (Phi) is 16.4. The van der Waals surface area contributed by atoms with Crippen LogP contribution in [0.3, 0.4) is 0 Å². The molecule has 1 nitrogen and oxygen atoms in total. The molecule has 0 aliphatic heterocycles. The van der Waals surface area contributed by atoms with E-state index in [4.69, 9.17) is 34.8 Å². The zero-order valence-corrected chi connectivity index (χ0v) is 38.1. The first-order chi connectivity index (χ1) is 31.9. The van der Waals surface area contributed by atoms with Gasteiger partial charge in [-0.1, -0.05) is 108 Å². The summed E-state index contributed by atoms with van der Waals surface area (Å²) in [6.45, 7) is 0. The summed E-state index contributed by atoms with van der Waals surface area (Å²) in [4.78, 5) is 0. The molecule has 0 aliphatic rings. The van der Waals surface area contributed by atoms with Crippen molar-refractivity contribution in [2.45, 2.75) is 59.0 Å². The average Bonchev–Trinajstić information content (AvgIpc) is 3.17. The molecular weight excluding hydrogens is 1130 g/mol. The maximum absolute atomic E-state index is 14.2. The Morgan fingerprint density at radius 2 is 0.514 bits per heavy atom. The third kappa shape index (κ3) is 14.6. The van der Waals surface area contributed by atoms with Crippen LogP contribution in [0, 0.1) is 0 Å². The van der Waals surface area contributed by atoms with Gasteiger partial charge in [0.2, 0.25) is 3.79 Å². The van der Waals surface area contributed by atoms with E-state index in [1.54, 1.807) is 24.6 Å². The van der Waals surface area contributed by atoms with Gasteiger partial charge >= 0.3 is 49.4 Å². The van der Waals surface area contributed by atoms with Crippen LogP contribution >= 0.6 is 34.8 Å². The van der Waals surface area contributed by atoms with E-state index >= 15 is 0 Å². The number of halogens is 27. The molecule has 0 aromatic heterocycles. The molecule has 0 heterocycles. The highest BCUT2D eigenvalue weighted by molar-refractivity contribution is 8.00. The molecule has 0 amide bonds. The van der Waals surface area contributed by atoms with Gasteiger partial charge in [-0.2, -0.15) is 127 Å². The minimum Gasteiger partial charge on any atom is -0.194 e. The monoisotopic (exact) mass is 1150 g/mol. The third-order valence-corrected chi connectivity index (χ3v) is 11.9. The third-order valence-electron chi connectivity index (χ3n) is 10.2. The molecule has 5 aromatic rings. The van der Waals surface area contributed by atoms with Crippen molar-refractivity contribution in [2.75, 3.05) is 12.5 Å². The number of rotatable bonds is 6. The standard InChI is InChI=1S/C32H12BF24.C10H12Cl3OS/c34-25(35,36)13-1-14(26(37,38)39)6-21(5-13)33(22-7-15(27(40,41)42)2-16(8-22)28(43,44)45,23-9-17(29(46,47)48)3-18(10-23)30(49,50)51)24-11-19(31(52,53)54)4-20(12-24)32(55,56)57;1-15(2,14)7-8-3-5-9(6-4-8)10(11,12)13/h1-12H;3-6H,7H2,1-2H3/q-1;+1. The van der Waals surface area contributed by atoms with Crippen molar-refractivity contribution in [3.05, 3.63) is 153 Å². The summed E-state index contributed by atoms with van der Waals surface area (Å²) in [6, 6.07) is -1.65. The van der Waals surface area contributed by atoms with Crippen LogP contribution in [-0.4, -0.2) is 18.7 Å². The molecule has 0 fully saturated rings. The minimum absolute atomic E-state index is 0.549. The van der Waals surface area contributed by atoms with Gasteiger partial charge in [-0.25, -0.2) is 0 Å². The predicted octanol–water partition coefficient (Wildman–Crippen LogP) is 15.0. The first-order valence-electron chi connectivity index (χ1n) is 18.9. The molecule has 396 valence electrons. The summed E-state index contributed by atoms with van der Waals surface area (Å²) in [7, 11) is -1.77. The molecule has 5 rings (SSSR count). The summed E-state index contributed by atoms with van der Waals surface area (Å²) in [6.07, 6.45) is -51.3. The second-order valence-corrected chi connectivity index (χ2v) is 21.4. The Balaban J connectivity index is 0.000000639. The maximum atomic E-state index is 14.2. The molecule has 72 heavy (non-hydrogen) atoms. The van der Waals surface area contributed by atoms with Gasteiger partial charge in [-0.05, 0) is 24.3 Å². The highest BCUT2D eigenvalue weighted by atomic mass is 35.6. The van der Waals surface area contributed by atoms with Gasteiger partial charge in [0.15, 0.2) is 0 Å². The van der Waals surface area contributed by atoms with Crippen LogP contribution < -0.4 is 21.9 Å². The van der Waals surface area contributed by atoms with Gasteiger partial charge in [-0.15, -0.1) is 4.21 Å². The van der Waals surface area contributed by atoms with Gasteiger partial charge in [0.05, 0.1) is 54.4 Å². The largest absolute Gasteiger partial charge is 0.416 e. The van der Waals surface area contributed by atoms with Gasteiger partial charge in [-0.3, -0.25) is 0 Å². The number of alkyl halides is 27. The van der Waals surface area contributed by atoms with E-state index < -0.39 is 208 Å². The van der Waals surface area contributed by atoms with Crippen LogP contribution in [0.4, 0.5) is 105 Å². The quantitative estimate of drug-likeness (QED) is 0.0717. The van der Waals surface area contributed by atoms with Crippen LogP contribution in [0.1, 0.15) is 55.6 Å². The molecule has 0 N–H and O–H groups in total. The van der Waals surface area contributed by atoms with Gasteiger partial charge in [0.1, 0.15) is 24.4 Å². The van der Waals surface area contributed by atoms with E-state index in [0.717, 1.165) is 5.56 Å². The normalized spacial score (nSPS) is 14.0. The maximum Gasteiger partial charge on any atom is 0.416 e. The number of benzene rings is 5. The fourth-order valence-corrected chi connectivity index (χ4v) is 8.64. The summed E-state index contributed by atoms with van der Waals surface area (Å²) in [5.74, 6) is 0.549. The highest BCUT2D eigenvalue weighted by Gasteiger charge is 2.47. The lowest BCUT2D eigenvalue weighted by atomic mass is 9.12. The zero-order chi connectivity index (χ0) is 55.6. The predicted molar refractivity (Wildman–Crippen MR) is 219 cm³/mol. The molecule has 0 aliphatic carbocycles. The van der Waals surface area contributed by atoms with E-state index in [9.17, 15) is 110 Å². The highest BCUT2D eigenvalue weighted by Crippen LogP contribution is 2.42. The number of hydrogen-bond donors (Lipinski definition) is 0. The van der Waals surface area contributed by atoms with Crippen LogP contribution in [-0.2, 0) is 73.1 Å². The first kappa shape index (κ1) is 60.1. The summed E-state index contributed by atoms with van der Waals surface area (Å²) in [5, 5.41) is 0. The van der Waals surface area contributed by atoms with Gasteiger partial charge in [0, 0.05) is 11.1 Å². The van der Waals surface area contributed by atoms with E-state index in [0.29, 0.717) is 11.3 Å². The molecule has 0 radical (unpaired) electrons. The van der Waals surface area contributed by atoms with Crippen molar-refractivity contribution < 1.29 is 110 Å². The Bertz CT molecular complexity index is 2370. The zero-order valence-electron chi connectivity index (χ0n) is 35.0. The second kappa shape index (κ2) is 19.7. The fourth-order valence-electron chi connectivity index (χ4n) is 7.26. The Labute approximate surface area is 405 Å². The summed E-state index contributed by atoms with van der Waals surface area (Å²) in [5.41, 5.74) is -28.6. The SMILES string of the molecule is C[S+](C)(=O)Cc1ccc(C(Cl)(Cl)Cl)cc1.FC(F)(F)c1cc([B-](c2cc(C(F)(F)F)cc(C(F)(F)F)c2)(c2cc(C(F)(F)F)cc(C(F)(F)F)c2)c2cc(C(F)(F)F)cc(C(F)(F)F)c2)cc(C(F)(F)F)c1. The van der Waals surface area contributed by atoms with Crippen LogP contribution in [0.5, 0.6) is 0 Å². The molecule has 0 saturated carbocycles. The van der Waals surface area contributed by atoms with Crippen molar-refractivity contribution in [1.29, 1.82) is 0 Å². The van der Waals surface area contributed by atoms with Crippen molar-refractivity contribution in [3.63, 3.8) is 0 Å². The molecule has 0 bridgehead atoms. The van der Waals surface area contributed by atoms with Crippen molar-refractivity contribution >= 4 is 72.7 Å². The van der Waals surface area contributed by atoms with Gasteiger partial charge < -0.3 is 0 Å². The molecule has 0 atom stereocenters. The first-order valence-corrected chi connectivity index (χ1v) is 22.6. The Hall–Kier alpha value is -4.50. The lowest BCUT2D eigenvalue weighted by Gasteiger charge is -2.46. The van der Waals surface area contributed by atoms with Gasteiger partial charge in [0.25, 0.3) is 0 Å². The molecule has 30 heteroatoms. The lowest BCUT2D eigenvalue weighted by molar-refractivity contribution is -0.144. The lowest BCUT2D eigenvalue weighted by Crippen LogP contribution is -2.75. The van der Waals surface area contributed by atoms with E-state index in [1.807, 2.05) is 12.1 Å².